The second-order valence-electron chi connectivity index (χ2n) is 7.64. The maximum Gasteiger partial charge on any atom is 0.326 e. The van der Waals surface area contributed by atoms with Gasteiger partial charge < -0.3 is 15.3 Å². The predicted molar refractivity (Wildman–Crippen MR) is 97.9 cm³/mol. The van der Waals surface area contributed by atoms with Crippen LogP contribution in [0, 0.1) is 11.8 Å². The van der Waals surface area contributed by atoms with Crippen LogP contribution in [0.5, 0.6) is 0 Å². The van der Waals surface area contributed by atoms with Crippen molar-refractivity contribution in [2.24, 2.45) is 11.8 Å². The lowest BCUT2D eigenvalue weighted by molar-refractivity contribution is -0.141. The molecular weight excluding hydrogens is 332 g/mol. The van der Waals surface area contributed by atoms with Crippen LogP contribution in [0.2, 0.25) is 0 Å². The van der Waals surface area contributed by atoms with Crippen LogP contribution in [0.25, 0.3) is 0 Å². The van der Waals surface area contributed by atoms with Crippen molar-refractivity contribution in [1.29, 1.82) is 0 Å². The number of likely N-dealkylation sites (tertiary alicyclic amines) is 1. The van der Waals surface area contributed by atoms with Crippen LogP contribution in [0.15, 0.2) is 24.3 Å². The monoisotopic (exact) mass is 358 g/mol. The van der Waals surface area contributed by atoms with Gasteiger partial charge in [-0.3, -0.25) is 9.59 Å². The Morgan fingerprint density at radius 1 is 1.12 bits per heavy atom. The first-order valence-corrected chi connectivity index (χ1v) is 9.35. The van der Waals surface area contributed by atoms with E-state index in [1.165, 1.54) is 0 Å². The highest BCUT2D eigenvalue weighted by atomic mass is 16.4. The number of anilines is 1. The SMILES string of the molecule is CC(C)C(=O)Nc1ccc(C(=O)N2C(C(=O)O)CC3CCCCC32)cc1. The van der Waals surface area contributed by atoms with Crippen LogP contribution in [0.4, 0.5) is 5.69 Å². The quantitative estimate of drug-likeness (QED) is 0.866. The number of carbonyl (C=O) groups excluding carboxylic acids is 2. The molecule has 140 valence electrons. The highest BCUT2D eigenvalue weighted by Crippen LogP contribution is 2.40. The lowest BCUT2D eigenvalue weighted by Gasteiger charge is -2.33. The van der Waals surface area contributed by atoms with Gasteiger partial charge in [0.2, 0.25) is 5.91 Å². The normalized spacial score (nSPS) is 25.0. The number of carboxylic acid groups (broad SMARTS) is 1. The fraction of sp³-hybridized carbons (Fsp3) is 0.550. The molecule has 0 bridgehead atoms. The Hall–Kier alpha value is -2.37. The molecule has 3 unspecified atom stereocenters. The van der Waals surface area contributed by atoms with Gasteiger partial charge in [0.15, 0.2) is 0 Å². The summed E-state index contributed by atoms with van der Waals surface area (Å²) in [6.45, 7) is 3.63. The molecule has 6 heteroatoms. The summed E-state index contributed by atoms with van der Waals surface area (Å²) in [6, 6.07) is 5.99. The lowest BCUT2D eigenvalue weighted by atomic mass is 9.84. The molecule has 1 heterocycles. The van der Waals surface area contributed by atoms with Gasteiger partial charge in [-0.05, 0) is 49.4 Å². The molecule has 1 saturated carbocycles. The van der Waals surface area contributed by atoms with Crippen LogP contribution < -0.4 is 5.32 Å². The Balaban J connectivity index is 1.78. The number of hydrogen-bond donors (Lipinski definition) is 2. The number of amides is 2. The standard InChI is InChI=1S/C20H26N2O4/c1-12(2)18(23)21-15-9-7-13(8-10-15)19(24)22-16-6-4-3-5-14(16)11-17(22)20(25)26/h7-10,12,14,16-17H,3-6,11H2,1-2H3,(H,21,23)(H,25,26). The number of carbonyl (C=O) groups is 3. The third-order valence-electron chi connectivity index (χ3n) is 5.53. The van der Waals surface area contributed by atoms with E-state index in [4.69, 9.17) is 0 Å². The molecule has 26 heavy (non-hydrogen) atoms. The molecule has 3 atom stereocenters. The third-order valence-corrected chi connectivity index (χ3v) is 5.53. The maximum absolute atomic E-state index is 13.0. The van der Waals surface area contributed by atoms with E-state index >= 15 is 0 Å². The zero-order valence-corrected chi connectivity index (χ0v) is 15.3. The number of fused-ring (bicyclic) bond motifs is 1. The molecule has 2 fully saturated rings. The number of aliphatic carboxylic acids is 1. The van der Waals surface area contributed by atoms with Gasteiger partial charge in [0.1, 0.15) is 6.04 Å². The van der Waals surface area contributed by atoms with Crippen LogP contribution in [-0.4, -0.2) is 39.9 Å². The Bertz CT molecular complexity index is 698. The summed E-state index contributed by atoms with van der Waals surface area (Å²) < 4.78 is 0. The minimum atomic E-state index is -0.923. The van der Waals surface area contributed by atoms with Crippen LogP contribution >= 0.6 is 0 Å². The molecule has 0 spiro atoms. The molecule has 2 N–H and O–H groups in total. The summed E-state index contributed by atoms with van der Waals surface area (Å²) in [7, 11) is 0. The molecule has 1 aromatic rings. The molecule has 1 aromatic carbocycles. The number of nitrogens with zero attached hydrogens (tertiary/aromatic N) is 1. The predicted octanol–water partition coefficient (Wildman–Crippen LogP) is 3.14. The number of carboxylic acids is 1. The third kappa shape index (κ3) is 3.59. The second kappa shape index (κ2) is 7.48. The Labute approximate surface area is 153 Å². The smallest absolute Gasteiger partial charge is 0.326 e. The van der Waals surface area contributed by atoms with E-state index in [0.29, 0.717) is 23.6 Å². The van der Waals surface area contributed by atoms with Crippen LogP contribution in [0.1, 0.15) is 56.3 Å². The molecule has 3 rings (SSSR count). The minimum absolute atomic E-state index is 0.0256. The molecule has 0 aromatic heterocycles. The van der Waals surface area contributed by atoms with E-state index < -0.39 is 12.0 Å². The first kappa shape index (κ1) is 18.4. The van der Waals surface area contributed by atoms with Gasteiger partial charge >= 0.3 is 5.97 Å². The van der Waals surface area contributed by atoms with Crippen molar-refractivity contribution in [3.8, 4) is 0 Å². The van der Waals surface area contributed by atoms with Crippen molar-refractivity contribution in [3.63, 3.8) is 0 Å². The molecule has 1 aliphatic heterocycles. The number of benzene rings is 1. The maximum atomic E-state index is 13.0. The van der Waals surface area contributed by atoms with Gasteiger partial charge in [-0.25, -0.2) is 4.79 Å². The van der Waals surface area contributed by atoms with Gasteiger partial charge in [0, 0.05) is 23.2 Å². The topological polar surface area (TPSA) is 86.7 Å². The Morgan fingerprint density at radius 2 is 1.77 bits per heavy atom. The highest BCUT2D eigenvalue weighted by Gasteiger charge is 2.47. The summed E-state index contributed by atoms with van der Waals surface area (Å²) in [5.74, 6) is -1.07. The van der Waals surface area contributed by atoms with E-state index in [1.54, 1.807) is 29.2 Å². The van der Waals surface area contributed by atoms with Crippen molar-refractivity contribution in [2.75, 3.05) is 5.32 Å². The van der Waals surface area contributed by atoms with E-state index in [2.05, 4.69) is 5.32 Å². The molecular formula is C20H26N2O4. The molecule has 1 aliphatic carbocycles. The average Bonchev–Trinajstić information content (AvgIpc) is 3.01. The fourth-order valence-corrected chi connectivity index (χ4v) is 4.10. The van der Waals surface area contributed by atoms with Crippen molar-refractivity contribution in [2.45, 2.75) is 58.0 Å². The number of rotatable bonds is 4. The largest absolute Gasteiger partial charge is 0.480 e. The van der Waals surface area contributed by atoms with Gasteiger partial charge in [0.05, 0.1) is 0 Å². The van der Waals surface area contributed by atoms with Crippen molar-refractivity contribution in [3.05, 3.63) is 29.8 Å². The lowest BCUT2D eigenvalue weighted by Crippen LogP contribution is -2.46. The summed E-state index contributed by atoms with van der Waals surface area (Å²) in [6.07, 6.45) is 4.58. The van der Waals surface area contributed by atoms with Gasteiger partial charge in [-0.2, -0.15) is 0 Å². The highest BCUT2D eigenvalue weighted by molar-refractivity contribution is 5.98. The zero-order chi connectivity index (χ0) is 18.8. The average molecular weight is 358 g/mol. The van der Waals surface area contributed by atoms with Gasteiger partial charge in [-0.15, -0.1) is 0 Å². The molecule has 2 amide bonds. The molecule has 6 nitrogen and oxygen atoms in total. The summed E-state index contributed by atoms with van der Waals surface area (Å²) in [4.78, 5) is 38.1. The van der Waals surface area contributed by atoms with E-state index in [-0.39, 0.29) is 23.8 Å². The second-order valence-corrected chi connectivity index (χ2v) is 7.64. The molecule has 0 radical (unpaired) electrons. The first-order chi connectivity index (χ1) is 12.4. The Morgan fingerprint density at radius 3 is 2.38 bits per heavy atom. The minimum Gasteiger partial charge on any atom is -0.480 e. The molecule has 2 aliphatic rings. The number of hydrogen-bond acceptors (Lipinski definition) is 3. The van der Waals surface area contributed by atoms with Crippen LogP contribution in [-0.2, 0) is 9.59 Å². The zero-order valence-electron chi connectivity index (χ0n) is 15.3. The number of nitrogens with one attached hydrogen (secondary N) is 1. The van der Waals surface area contributed by atoms with E-state index in [9.17, 15) is 19.5 Å². The summed E-state index contributed by atoms with van der Waals surface area (Å²) in [5, 5.41) is 12.4. The van der Waals surface area contributed by atoms with Crippen molar-refractivity contribution >= 4 is 23.5 Å². The van der Waals surface area contributed by atoms with E-state index in [0.717, 1.165) is 25.7 Å². The van der Waals surface area contributed by atoms with Crippen molar-refractivity contribution in [1.82, 2.24) is 4.90 Å². The molecule has 1 saturated heterocycles. The van der Waals surface area contributed by atoms with Gasteiger partial charge in [-0.1, -0.05) is 26.7 Å². The fourth-order valence-electron chi connectivity index (χ4n) is 4.10. The van der Waals surface area contributed by atoms with Crippen LogP contribution in [0.3, 0.4) is 0 Å². The van der Waals surface area contributed by atoms with Crippen molar-refractivity contribution < 1.29 is 19.5 Å². The summed E-state index contributed by atoms with van der Waals surface area (Å²) in [5.41, 5.74) is 1.09. The Kier molecular flexibility index (Phi) is 5.30. The summed E-state index contributed by atoms with van der Waals surface area (Å²) >= 11 is 0. The first-order valence-electron chi connectivity index (χ1n) is 9.35. The van der Waals surface area contributed by atoms with Gasteiger partial charge in [0.25, 0.3) is 5.91 Å². The van der Waals surface area contributed by atoms with E-state index in [1.807, 2.05) is 13.8 Å².